The van der Waals surface area contributed by atoms with E-state index < -0.39 is 0 Å². The summed E-state index contributed by atoms with van der Waals surface area (Å²) >= 11 is 0. The highest BCUT2D eigenvalue weighted by molar-refractivity contribution is 5.40. The van der Waals surface area contributed by atoms with Crippen LogP contribution in [0.2, 0.25) is 0 Å². The van der Waals surface area contributed by atoms with E-state index in [-0.39, 0.29) is 17.5 Å². The summed E-state index contributed by atoms with van der Waals surface area (Å²) in [7, 11) is 0. The molecule has 0 aliphatic rings. The zero-order valence-electron chi connectivity index (χ0n) is 11.7. The van der Waals surface area contributed by atoms with Crippen molar-refractivity contribution in [3.63, 3.8) is 0 Å². The largest absolute Gasteiger partial charge is 0.508 e. The van der Waals surface area contributed by atoms with Crippen molar-refractivity contribution in [2.24, 2.45) is 0 Å². The molecule has 3 heteroatoms. The summed E-state index contributed by atoms with van der Waals surface area (Å²) in [5, 5.41) is 22.6. The molecule has 3 N–H and O–H groups in total. The van der Waals surface area contributed by atoms with E-state index in [0.29, 0.717) is 0 Å². The highest BCUT2D eigenvalue weighted by atomic mass is 16.3. The van der Waals surface area contributed by atoms with Crippen LogP contribution >= 0.6 is 0 Å². The van der Waals surface area contributed by atoms with Gasteiger partial charge in [0.15, 0.2) is 0 Å². The van der Waals surface area contributed by atoms with Crippen LogP contribution in [-0.4, -0.2) is 16.8 Å². The summed E-state index contributed by atoms with van der Waals surface area (Å²) in [6, 6.07) is 15.0. The van der Waals surface area contributed by atoms with Crippen molar-refractivity contribution >= 4 is 0 Å². The number of hydrogen-bond acceptors (Lipinski definition) is 3. The Morgan fingerprint density at radius 2 is 1.80 bits per heavy atom. The van der Waals surface area contributed by atoms with Crippen molar-refractivity contribution in [3.05, 3.63) is 59.7 Å². The van der Waals surface area contributed by atoms with Crippen LogP contribution in [-0.2, 0) is 6.42 Å². The zero-order chi connectivity index (χ0) is 14.4. The molecule has 0 radical (unpaired) electrons. The second kappa shape index (κ2) is 6.96. The van der Waals surface area contributed by atoms with E-state index in [0.717, 1.165) is 24.9 Å². The Balaban J connectivity index is 1.80. The van der Waals surface area contributed by atoms with Gasteiger partial charge in [0.25, 0.3) is 0 Å². The van der Waals surface area contributed by atoms with Crippen LogP contribution in [0.15, 0.2) is 48.5 Å². The Kier molecular flexibility index (Phi) is 5.02. The standard InChI is InChI=1S/C17H21NO2/c1-13(16-12-15(19)9-10-17(16)20)18-11-5-8-14-6-3-2-4-7-14/h2-4,6-7,9-10,12-13,18-20H,5,8,11H2,1H3. The molecule has 0 saturated carbocycles. The molecule has 0 spiro atoms. The van der Waals surface area contributed by atoms with E-state index in [1.165, 1.54) is 17.7 Å². The quantitative estimate of drug-likeness (QED) is 0.557. The molecule has 0 amide bonds. The number of aryl methyl sites for hydroxylation is 1. The lowest BCUT2D eigenvalue weighted by Gasteiger charge is -2.15. The highest BCUT2D eigenvalue weighted by Gasteiger charge is 2.10. The summed E-state index contributed by atoms with van der Waals surface area (Å²) in [5.41, 5.74) is 2.06. The molecule has 2 aromatic rings. The summed E-state index contributed by atoms with van der Waals surface area (Å²) < 4.78 is 0. The van der Waals surface area contributed by atoms with Crippen molar-refractivity contribution in [1.29, 1.82) is 0 Å². The van der Waals surface area contributed by atoms with Gasteiger partial charge in [0.2, 0.25) is 0 Å². The van der Waals surface area contributed by atoms with Crippen LogP contribution < -0.4 is 5.32 Å². The number of phenols is 2. The maximum absolute atomic E-state index is 9.79. The molecule has 0 aliphatic carbocycles. The number of phenolic OH excluding ortho intramolecular Hbond substituents is 2. The van der Waals surface area contributed by atoms with Gasteiger partial charge in [0.1, 0.15) is 11.5 Å². The van der Waals surface area contributed by atoms with Crippen molar-refractivity contribution in [1.82, 2.24) is 5.32 Å². The monoisotopic (exact) mass is 271 g/mol. The lowest BCUT2D eigenvalue weighted by Crippen LogP contribution is -2.20. The van der Waals surface area contributed by atoms with Gasteiger partial charge in [-0.3, -0.25) is 0 Å². The van der Waals surface area contributed by atoms with Crippen LogP contribution in [0, 0.1) is 0 Å². The number of hydrogen-bond donors (Lipinski definition) is 3. The van der Waals surface area contributed by atoms with Crippen LogP contribution in [0.5, 0.6) is 11.5 Å². The third kappa shape index (κ3) is 4.00. The van der Waals surface area contributed by atoms with Crippen molar-refractivity contribution < 1.29 is 10.2 Å². The Bertz CT molecular complexity index is 540. The molecule has 0 aromatic heterocycles. The molecule has 0 aliphatic heterocycles. The fraction of sp³-hybridized carbons (Fsp3) is 0.294. The molecule has 0 bridgehead atoms. The average molecular weight is 271 g/mol. The second-order valence-electron chi connectivity index (χ2n) is 5.01. The lowest BCUT2D eigenvalue weighted by atomic mass is 10.1. The first-order valence-electron chi connectivity index (χ1n) is 6.96. The Hall–Kier alpha value is -2.00. The average Bonchev–Trinajstić information content (AvgIpc) is 2.47. The number of aromatic hydroxyl groups is 2. The Labute approximate surface area is 119 Å². The zero-order valence-corrected chi connectivity index (χ0v) is 11.7. The van der Waals surface area contributed by atoms with Crippen LogP contribution in [0.25, 0.3) is 0 Å². The van der Waals surface area contributed by atoms with Gasteiger partial charge >= 0.3 is 0 Å². The van der Waals surface area contributed by atoms with Gasteiger partial charge < -0.3 is 15.5 Å². The maximum Gasteiger partial charge on any atom is 0.120 e. The minimum absolute atomic E-state index is 0.0119. The van der Waals surface area contributed by atoms with Crippen LogP contribution in [0.1, 0.15) is 30.5 Å². The minimum Gasteiger partial charge on any atom is -0.508 e. The number of nitrogens with one attached hydrogen (secondary N) is 1. The van der Waals surface area contributed by atoms with Gasteiger partial charge in [0, 0.05) is 11.6 Å². The third-order valence-corrected chi connectivity index (χ3v) is 3.41. The van der Waals surface area contributed by atoms with E-state index >= 15 is 0 Å². The van der Waals surface area contributed by atoms with E-state index in [9.17, 15) is 10.2 Å². The first-order chi connectivity index (χ1) is 9.66. The van der Waals surface area contributed by atoms with Crippen LogP contribution in [0.3, 0.4) is 0 Å². The van der Waals surface area contributed by atoms with Gasteiger partial charge in [-0.15, -0.1) is 0 Å². The molecule has 3 nitrogen and oxygen atoms in total. The maximum atomic E-state index is 9.79. The first kappa shape index (κ1) is 14.4. The Morgan fingerprint density at radius 1 is 1.05 bits per heavy atom. The molecule has 0 heterocycles. The van der Waals surface area contributed by atoms with Gasteiger partial charge in [-0.05, 0) is 50.1 Å². The number of benzene rings is 2. The van der Waals surface area contributed by atoms with Crippen molar-refractivity contribution in [3.8, 4) is 11.5 Å². The molecule has 2 rings (SSSR count). The molecule has 1 atom stereocenters. The summed E-state index contributed by atoms with van der Waals surface area (Å²) in [4.78, 5) is 0. The van der Waals surface area contributed by atoms with Gasteiger partial charge in [0.05, 0.1) is 0 Å². The van der Waals surface area contributed by atoms with Gasteiger partial charge in [-0.1, -0.05) is 30.3 Å². The van der Waals surface area contributed by atoms with Crippen molar-refractivity contribution in [2.75, 3.05) is 6.54 Å². The summed E-state index contributed by atoms with van der Waals surface area (Å²) in [6.45, 7) is 2.85. The first-order valence-corrected chi connectivity index (χ1v) is 6.96. The highest BCUT2D eigenvalue weighted by Crippen LogP contribution is 2.27. The van der Waals surface area contributed by atoms with Crippen LogP contribution in [0.4, 0.5) is 0 Å². The molecular weight excluding hydrogens is 250 g/mol. The molecule has 1 unspecified atom stereocenters. The predicted molar refractivity (Wildman–Crippen MR) is 81.0 cm³/mol. The predicted octanol–water partition coefficient (Wildman–Crippen LogP) is 3.38. The molecule has 0 fully saturated rings. The summed E-state index contributed by atoms with van der Waals surface area (Å²) in [6.07, 6.45) is 2.07. The van der Waals surface area contributed by atoms with E-state index in [2.05, 4.69) is 29.6 Å². The SMILES string of the molecule is CC(NCCCc1ccccc1)c1cc(O)ccc1O. The topological polar surface area (TPSA) is 52.5 Å². The minimum atomic E-state index is 0.0119. The third-order valence-electron chi connectivity index (χ3n) is 3.41. The fourth-order valence-electron chi connectivity index (χ4n) is 2.25. The molecular formula is C17H21NO2. The molecule has 106 valence electrons. The summed E-state index contributed by atoms with van der Waals surface area (Å²) in [5.74, 6) is 0.390. The number of rotatable bonds is 6. The van der Waals surface area contributed by atoms with E-state index in [1.54, 1.807) is 6.07 Å². The Morgan fingerprint density at radius 3 is 2.55 bits per heavy atom. The second-order valence-corrected chi connectivity index (χ2v) is 5.01. The van der Waals surface area contributed by atoms with E-state index in [4.69, 9.17) is 0 Å². The molecule has 2 aromatic carbocycles. The van der Waals surface area contributed by atoms with Gasteiger partial charge in [-0.2, -0.15) is 0 Å². The molecule has 0 saturated heterocycles. The molecule has 20 heavy (non-hydrogen) atoms. The van der Waals surface area contributed by atoms with E-state index in [1.807, 2.05) is 13.0 Å². The van der Waals surface area contributed by atoms with Gasteiger partial charge in [-0.25, -0.2) is 0 Å². The smallest absolute Gasteiger partial charge is 0.120 e. The lowest BCUT2D eigenvalue weighted by molar-refractivity contribution is 0.440. The normalized spacial score (nSPS) is 12.2. The van der Waals surface area contributed by atoms with Crippen molar-refractivity contribution in [2.45, 2.75) is 25.8 Å². The fourth-order valence-corrected chi connectivity index (χ4v) is 2.25.